The molecule has 7 nitrogen and oxygen atoms in total. The van der Waals surface area contributed by atoms with Gasteiger partial charge in [0.1, 0.15) is 5.82 Å². The number of anilines is 1. The number of carbonyl (C=O) groups is 1. The molecule has 0 spiro atoms. The average molecular weight is 415 g/mol. The van der Waals surface area contributed by atoms with Crippen molar-refractivity contribution in [2.45, 2.75) is 20.4 Å². The summed E-state index contributed by atoms with van der Waals surface area (Å²) >= 11 is 0. The van der Waals surface area contributed by atoms with E-state index in [-0.39, 0.29) is 12.5 Å². The van der Waals surface area contributed by atoms with Crippen LogP contribution >= 0.6 is 0 Å². The maximum absolute atomic E-state index is 12.7. The zero-order valence-corrected chi connectivity index (χ0v) is 18.0. The summed E-state index contributed by atoms with van der Waals surface area (Å²) in [7, 11) is 1.92. The molecule has 0 aliphatic rings. The Bertz CT molecular complexity index is 1160. The summed E-state index contributed by atoms with van der Waals surface area (Å²) in [4.78, 5) is 14.6. The van der Waals surface area contributed by atoms with Crippen molar-refractivity contribution < 1.29 is 4.79 Å². The minimum absolute atomic E-state index is 0.0915. The smallest absolute Gasteiger partial charge is 0.239 e. The second kappa shape index (κ2) is 8.97. The van der Waals surface area contributed by atoms with Gasteiger partial charge in [-0.1, -0.05) is 35.9 Å². The molecule has 0 radical (unpaired) electrons. The van der Waals surface area contributed by atoms with Crippen molar-refractivity contribution in [2.75, 3.05) is 18.9 Å². The summed E-state index contributed by atoms with van der Waals surface area (Å²) in [5.74, 6) is 0.572. The first-order valence-electron chi connectivity index (χ1n) is 10.2. The van der Waals surface area contributed by atoms with Crippen molar-refractivity contribution in [2.24, 2.45) is 0 Å². The van der Waals surface area contributed by atoms with Crippen LogP contribution in [-0.4, -0.2) is 44.0 Å². The summed E-state index contributed by atoms with van der Waals surface area (Å²) in [6.07, 6.45) is 3.82. The summed E-state index contributed by atoms with van der Waals surface area (Å²) in [6.45, 7) is 4.84. The van der Waals surface area contributed by atoms with Crippen molar-refractivity contribution >= 4 is 11.7 Å². The lowest BCUT2D eigenvalue weighted by molar-refractivity contribution is -0.117. The molecule has 0 saturated heterocycles. The van der Waals surface area contributed by atoms with Gasteiger partial charge in [-0.2, -0.15) is 10.2 Å². The molecule has 1 amide bonds. The molecule has 0 bridgehead atoms. The van der Waals surface area contributed by atoms with Gasteiger partial charge in [-0.25, -0.2) is 9.36 Å². The predicted octanol–water partition coefficient (Wildman–Crippen LogP) is 3.75. The Hall–Kier alpha value is -3.71. The van der Waals surface area contributed by atoms with Crippen LogP contribution in [0.4, 0.5) is 5.82 Å². The van der Waals surface area contributed by atoms with Gasteiger partial charge >= 0.3 is 0 Å². The van der Waals surface area contributed by atoms with Crippen LogP contribution in [-0.2, 0) is 11.3 Å². The highest BCUT2D eigenvalue weighted by Crippen LogP contribution is 2.18. The molecule has 0 saturated carbocycles. The summed E-state index contributed by atoms with van der Waals surface area (Å²) in [6, 6.07) is 19.9. The molecule has 2 aromatic heterocycles. The standard InChI is InChI=1S/C24H26N6O/c1-18-9-11-22(12-10-18)30-23(13-19(2)27-30)26-24(31)17-28(3)15-20-14-25-29(16-20)21-7-5-4-6-8-21/h4-14,16H,15,17H2,1-3H3,(H,26,31). The molecule has 0 unspecified atom stereocenters. The summed E-state index contributed by atoms with van der Waals surface area (Å²) in [5.41, 5.74) is 4.98. The van der Waals surface area contributed by atoms with Gasteiger partial charge < -0.3 is 5.32 Å². The predicted molar refractivity (Wildman–Crippen MR) is 122 cm³/mol. The van der Waals surface area contributed by atoms with Crippen molar-refractivity contribution in [1.82, 2.24) is 24.5 Å². The van der Waals surface area contributed by atoms with Crippen LogP contribution in [0.1, 0.15) is 16.8 Å². The van der Waals surface area contributed by atoms with Crippen LogP contribution in [0.5, 0.6) is 0 Å². The van der Waals surface area contributed by atoms with Crippen LogP contribution in [0.2, 0.25) is 0 Å². The molecular weight excluding hydrogens is 388 g/mol. The Kier molecular flexibility index (Phi) is 5.95. The second-order valence-electron chi connectivity index (χ2n) is 7.77. The van der Waals surface area contributed by atoms with Crippen LogP contribution in [0.3, 0.4) is 0 Å². The first-order valence-corrected chi connectivity index (χ1v) is 10.2. The van der Waals surface area contributed by atoms with E-state index in [1.165, 1.54) is 5.56 Å². The van der Waals surface area contributed by atoms with E-state index in [0.717, 1.165) is 22.6 Å². The van der Waals surface area contributed by atoms with Crippen molar-refractivity contribution in [3.8, 4) is 11.4 Å². The first-order chi connectivity index (χ1) is 15.0. The second-order valence-corrected chi connectivity index (χ2v) is 7.77. The Labute approximate surface area is 181 Å². The molecule has 4 aromatic rings. The van der Waals surface area contributed by atoms with E-state index in [2.05, 4.69) is 15.5 Å². The van der Waals surface area contributed by atoms with E-state index in [0.29, 0.717) is 12.4 Å². The van der Waals surface area contributed by atoms with Crippen molar-refractivity contribution in [1.29, 1.82) is 0 Å². The monoisotopic (exact) mass is 414 g/mol. The number of para-hydroxylation sites is 1. The fourth-order valence-electron chi connectivity index (χ4n) is 3.43. The zero-order chi connectivity index (χ0) is 21.8. The highest BCUT2D eigenvalue weighted by atomic mass is 16.2. The molecule has 7 heteroatoms. The number of nitrogens with zero attached hydrogens (tertiary/aromatic N) is 5. The number of hydrogen-bond acceptors (Lipinski definition) is 4. The number of carbonyl (C=O) groups excluding carboxylic acids is 1. The van der Waals surface area contributed by atoms with Gasteiger partial charge in [0.2, 0.25) is 5.91 Å². The van der Waals surface area contributed by atoms with Gasteiger partial charge in [0.15, 0.2) is 0 Å². The van der Waals surface area contributed by atoms with E-state index < -0.39 is 0 Å². The van der Waals surface area contributed by atoms with Gasteiger partial charge in [0.05, 0.1) is 29.8 Å². The lowest BCUT2D eigenvalue weighted by Crippen LogP contribution is -2.30. The largest absolute Gasteiger partial charge is 0.309 e. The minimum Gasteiger partial charge on any atom is -0.309 e. The van der Waals surface area contributed by atoms with E-state index in [9.17, 15) is 4.79 Å². The molecular formula is C24H26N6O. The van der Waals surface area contributed by atoms with Gasteiger partial charge in [-0.15, -0.1) is 0 Å². The van der Waals surface area contributed by atoms with Crippen LogP contribution < -0.4 is 5.32 Å². The van der Waals surface area contributed by atoms with Crippen LogP contribution in [0, 0.1) is 13.8 Å². The molecule has 4 rings (SSSR count). The van der Waals surface area contributed by atoms with E-state index in [1.54, 1.807) is 4.68 Å². The number of benzene rings is 2. The number of aryl methyl sites for hydroxylation is 2. The fourth-order valence-corrected chi connectivity index (χ4v) is 3.43. The van der Waals surface area contributed by atoms with Gasteiger partial charge in [-0.3, -0.25) is 9.69 Å². The number of nitrogens with one attached hydrogen (secondary N) is 1. The number of rotatable bonds is 7. The number of likely N-dealkylation sites (N-methyl/N-ethyl adjacent to an activating group) is 1. The van der Waals surface area contributed by atoms with Crippen LogP contribution in [0.15, 0.2) is 73.1 Å². The maximum Gasteiger partial charge on any atom is 0.239 e. The Balaban J connectivity index is 1.38. The van der Waals surface area contributed by atoms with Gasteiger partial charge in [0.25, 0.3) is 0 Å². The molecule has 2 aromatic carbocycles. The average Bonchev–Trinajstić information content (AvgIpc) is 3.35. The van der Waals surface area contributed by atoms with E-state index in [1.807, 2.05) is 104 Å². The third-order valence-corrected chi connectivity index (χ3v) is 4.90. The molecule has 0 atom stereocenters. The molecule has 0 aliphatic heterocycles. The number of aromatic nitrogens is 4. The Morgan fingerprint density at radius 3 is 2.52 bits per heavy atom. The van der Waals surface area contributed by atoms with Gasteiger partial charge in [0, 0.05) is 24.4 Å². The molecule has 1 N–H and O–H groups in total. The topological polar surface area (TPSA) is 68.0 Å². The zero-order valence-electron chi connectivity index (χ0n) is 18.0. The maximum atomic E-state index is 12.7. The highest BCUT2D eigenvalue weighted by molar-refractivity contribution is 5.91. The third-order valence-electron chi connectivity index (χ3n) is 4.90. The quantitative estimate of drug-likeness (QED) is 0.500. The lowest BCUT2D eigenvalue weighted by Gasteiger charge is -2.16. The third kappa shape index (κ3) is 5.07. The molecule has 158 valence electrons. The normalized spacial score (nSPS) is 11.1. The van der Waals surface area contributed by atoms with Crippen molar-refractivity contribution in [3.05, 3.63) is 89.9 Å². The van der Waals surface area contributed by atoms with Crippen LogP contribution in [0.25, 0.3) is 11.4 Å². The summed E-state index contributed by atoms with van der Waals surface area (Å²) < 4.78 is 3.60. The lowest BCUT2D eigenvalue weighted by atomic mass is 10.2. The number of hydrogen-bond donors (Lipinski definition) is 1. The Morgan fingerprint density at radius 1 is 1.03 bits per heavy atom. The Morgan fingerprint density at radius 2 is 1.77 bits per heavy atom. The van der Waals surface area contributed by atoms with Gasteiger partial charge in [-0.05, 0) is 45.2 Å². The molecule has 2 heterocycles. The minimum atomic E-state index is -0.0915. The molecule has 31 heavy (non-hydrogen) atoms. The summed E-state index contributed by atoms with van der Waals surface area (Å²) in [5, 5.41) is 11.9. The SMILES string of the molecule is Cc1ccc(-n2nc(C)cc2NC(=O)CN(C)Cc2cnn(-c3ccccc3)c2)cc1. The first kappa shape index (κ1) is 20.6. The van der Waals surface area contributed by atoms with E-state index >= 15 is 0 Å². The van der Waals surface area contributed by atoms with Crippen molar-refractivity contribution in [3.63, 3.8) is 0 Å². The fraction of sp³-hybridized carbons (Fsp3) is 0.208. The highest BCUT2D eigenvalue weighted by Gasteiger charge is 2.13. The number of amides is 1. The van der Waals surface area contributed by atoms with E-state index in [4.69, 9.17) is 0 Å². The molecule has 0 fully saturated rings. The molecule has 0 aliphatic carbocycles.